The number of amides is 1. The van der Waals surface area contributed by atoms with Crippen LogP contribution in [-0.2, 0) is 4.79 Å². The molecule has 1 fully saturated rings. The van der Waals surface area contributed by atoms with Crippen molar-refractivity contribution in [1.29, 1.82) is 0 Å². The van der Waals surface area contributed by atoms with E-state index < -0.39 is 5.54 Å². The first-order valence-electron chi connectivity index (χ1n) is 6.64. The standard InChI is InChI=1S/C13H22N6O/c1-8-10(17-14)15-9(2)16-11(8)19-7-6-18(5)12(20)13(19,3)4/h6-7,14H2,1-5H3,(H,15,16,17). The molecule has 1 aromatic heterocycles. The van der Waals surface area contributed by atoms with Gasteiger partial charge in [0.1, 0.15) is 23.0 Å². The molecule has 1 aliphatic rings. The SMILES string of the molecule is Cc1nc(NN)c(C)c(N2CCN(C)C(=O)C2(C)C)n1. The number of likely N-dealkylation sites (N-methyl/N-ethyl adjacent to an activating group) is 1. The Morgan fingerprint density at radius 3 is 2.50 bits per heavy atom. The molecule has 1 amide bonds. The molecule has 0 unspecified atom stereocenters. The number of aryl methyl sites for hydroxylation is 1. The molecule has 1 saturated heterocycles. The Balaban J connectivity index is 2.51. The van der Waals surface area contributed by atoms with Crippen molar-refractivity contribution in [3.8, 4) is 0 Å². The molecule has 0 radical (unpaired) electrons. The van der Waals surface area contributed by atoms with E-state index in [2.05, 4.69) is 15.4 Å². The van der Waals surface area contributed by atoms with Crippen LogP contribution in [0.2, 0.25) is 0 Å². The molecule has 0 atom stereocenters. The first-order valence-corrected chi connectivity index (χ1v) is 6.64. The minimum Gasteiger partial charge on any atom is -0.342 e. The second-order valence-corrected chi connectivity index (χ2v) is 5.65. The summed E-state index contributed by atoms with van der Waals surface area (Å²) in [5, 5.41) is 0. The van der Waals surface area contributed by atoms with Gasteiger partial charge in [0.05, 0.1) is 0 Å². The number of rotatable bonds is 2. The summed E-state index contributed by atoms with van der Waals surface area (Å²) in [6.07, 6.45) is 0. The van der Waals surface area contributed by atoms with Crippen LogP contribution >= 0.6 is 0 Å². The Kier molecular flexibility index (Phi) is 3.56. The van der Waals surface area contributed by atoms with Crippen LogP contribution in [0, 0.1) is 13.8 Å². The molecule has 3 N–H and O–H groups in total. The number of hydrogen-bond acceptors (Lipinski definition) is 6. The van der Waals surface area contributed by atoms with Crippen LogP contribution in [0.5, 0.6) is 0 Å². The van der Waals surface area contributed by atoms with Gasteiger partial charge in [-0.1, -0.05) is 0 Å². The fourth-order valence-corrected chi connectivity index (χ4v) is 2.60. The van der Waals surface area contributed by atoms with Crippen LogP contribution in [0.3, 0.4) is 0 Å². The van der Waals surface area contributed by atoms with Crippen molar-refractivity contribution < 1.29 is 4.79 Å². The van der Waals surface area contributed by atoms with Gasteiger partial charge in [0.2, 0.25) is 5.91 Å². The van der Waals surface area contributed by atoms with Gasteiger partial charge in [0.15, 0.2) is 0 Å². The molecule has 0 saturated carbocycles. The number of piperazine rings is 1. The van der Waals surface area contributed by atoms with Crippen molar-refractivity contribution in [2.45, 2.75) is 33.2 Å². The summed E-state index contributed by atoms with van der Waals surface area (Å²) in [7, 11) is 1.83. The van der Waals surface area contributed by atoms with E-state index in [1.54, 1.807) is 4.90 Å². The second-order valence-electron chi connectivity index (χ2n) is 5.65. The molecule has 0 bridgehead atoms. The second kappa shape index (κ2) is 4.90. The van der Waals surface area contributed by atoms with Crippen molar-refractivity contribution in [1.82, 2.24) is 14.9 Å². The van der Waals surface area contributed by atoms with Crippen molar-refractivity contribution in [3.05, 3.63) is 11.4 Å². The smallest absolute Gasteiger partial charge is 0.247 e. The number of aromatic nitrogens is 2. The average molecular weight is 278 g/mol. The maximum atomic E-state index is 12.4. The van der Waals surface area contributed by atoms with E-state index in [1.807, 2.05) is 39.6 Å². The number of hydrazine groups is 1. The molecule has 20 heavy (non-hydrogen) atoms. The highest BCUT2D eigenvalue weighted by Crippen LogP contribution is 2.31. The van der Waals surface area contributed by atoms with Crippen molar-refractivity contribution >= 4 is 17.5 Å². The van der Waals surface area contributed by atoms with E-state index in [-0.39, 0.29) is 5.91 Å². The number of carbonyl (C=O) groups excluding carboxylic acids is 1. The lowest BCUT2D eigenvalue weighted by Crippen LogP contribution is -2.62. The largest absolute Gasteiger partial charge is 0.342 e. The van der Waals surface area contributed by atoms with Crippen molar-refractivity contribution in [2.75, 3.05) is 30.5 Å². The number of anilines is 2. The van der Waals surface area contributed by atoms with Crippen LogP contribution in [0.15, 0.2) is 0 Å². The zero-order valence-electron chi connectivity index (χ0n) is 12.7. The molecular weight excluding hydrogens is 256 g/mol. The molecule has 110 valence electrons. The van der Waals surface area contributed by atoms with Crippen molar-refractivity contribution in [2.24, 2.45) is 5.84 Å². The normalized spacial score (nSPS) is 18.4. The maximum absolute atomic E-state index is 12.4. The van der Waals surface area contributed by atoms with Crippen LogP contribution in [0.25, 0.3) is 0 Å². The van der Waals surface area contributed by atoms with Gasteiger partial charge in [-0.15, -0.1) is 0 Å². The fourth-order valence-electron chi connectivity index (χ4n) is 2.60. The average Bonchev–Trinajstić information content (AvgIpc) is 2.39. The number of nitrogen functional groups attached to an aromatic ring is 1. The number of nitrogens with zero attached hydrogens (tertiary/aromatic N) is 4. The molecular formula is C13H22N6O. The van der Waals surface area contributed by atoms with Gasteiger partial charge in [-0.3, -0.25) is 4.79 Å². The van der Waals surface area contributed by atoms with Gasteiger partial charge in [0.25, 0.3) is 0 Å². The fraction of sp³-hybridized carbons (Fsp3) is 0.615. The minimum absolute atomic E-state index is 0.0849. The molecule has 7 nitrogen and oxygen atoms in total. The third-order valence-corrected chi connectivity index (χ3v) is 3.83. The molecule has 1 aromatic rings. The Hall–Kier alpha value is -1.89. The van der Waals surface area contributed by atoms with Gasteiger partial charge >= 0.3 is 0 Å². The highest BCUT2D eigenvalue weighted by molar-refractivity contribution is 5.90. The van der Waals surface area contributed by atoms with Gasteiger partial charge in [-0.2, -0.15) is 0 Å². The van der Waals surface area contributed by atoms with E-state index in [9.17, 15) is 4.79 Å². The summed E-state index contributed by atoms with van der Waals surface area (Å²) < 4.78 is 0. The van der Waals surface area contributed by atoms with Gasteiger partial charge in [-0.05, 0) is 27.7 Å². The Morgan fingerprint density at radius 2 is 1.90 bits per heavy atom. The summed E-state index contributed by atoms with van der Waals surface area (Å²) in [6, 6.07) is 0. The summed E-state index contributed by atoms with van der Waals surface area (Å²) in [5.74, 6) is 7.56. The lowest BCUT2D eigenvalue weighted by Gasteiger charge is -2.46. The van der Waals surface area contributed by atoms with E-state index >= 15 is 0 Å². The highest BCUT2D eigenvalue weighted by Gasteiger charge is 2.42. The summed E-state index contributed by atoms with van der Waals surface area (Å²) in [6.45, 7) is 8.96. The molecule has 1 aliphatic heterocycles. The van der Waals surface area contributed by atoms with E-state index in [0.717, 1.165) is 17.9 Å². The Morgan fingerprint density at radius 1 is 1.25 bits per heavy atom. The first kappa shape index (κ1) is 14.5. The third-order valence-electron chi connectivity index (χ3n) is 3.83. The lowest BCUT2D eigenvalue weighted by atomic mass is 9.97. The van der Waals surface area contributed by atoms with Gasteiger partial charge < -0.3 is 15.2 Å². The van der Waals surface area contributed by atoms with Crippen LogP contribution < -0.4 is 16.2 Å². The topological polar surface area (TPSA) is 87.4 Å². The number of nitrogens with two attached hydrogens (primary N) is 1. The predicted octanol–water partition coefficient (Wildman–Crippen LogP) is 0.436. The number of carbonyl (C=O) groups is 1. The maximum Gasteiger partial charge on any atom is 0.247 e. The number of hydrogen-bond donors (Lipinski definition) is 2. The summed E-state index contributed by atoms with van der Waals surface area (Å²) in [4.78, 5) is 24.9. The molecule has 2 heterocycles. The molecule has 2 rings (SSSR count). The van der Waals surface area contributed by atoms with Gasteiger partial charge in [0, 0.05) is 25.7 Å². The zero-order chi connectivity index (χ0) is 15.1. The highest BCUT2D eigenvalue weighted by atomic mass is 16.2. The third kappa shape index (κ3) is 2.18. The Bertz CT molecular complexity index is 542. The van der Waals surface area contributed by atoms with Crippen LogP contribution in [-0.4, -0.2) is 46.5 Å². The summed E-state index contributed by atoms with van der Waals surface area (Å²) in [5.41, 5.74) is 2.81. The number of nitrogens with one attached hydrogen (secondary N) is 1. The zero-order valence-corrected chi connectivity index (χ0v) is 12.7. The molecule has 7 heteroatoms. The molecule has 0 aromatic carbocycles. The summed E-state index contributed by atoms with van der Waals surface area (Å²) >= 11 is 0. The monoisotopic (exact) mass is 278 g/mol. The minimum atomic E-state index is -0.635. The van der Waals surface area contributed by atoms with E-state index in [0.29, 0.717) is 18.2 Å². The van der Waals surface area contributed by atoms with Crippen molar-refractivity contribution in [3.63, 3.8) is 0 Å². The van der Waals surface area contributed by atoms with Crippen LogP contribution in [0.4, 0.5) is 11.6 Å². The van der Waals surface area contributed by atoms with Gasteiger partial charge in [-0.25, -0.2) is 15.8 Å². The Labute approximate surface area is 119 Å². The predicted molar refractivity (Wildman–Crippen MR) is 78.4 cm³/mol. The first-order chi connectivity index (χ1) is 9.28. The van der Waals surface area contributed by atoms with E-state index in [4.69, 9.17) is 5.84 Å². The lowest BCUT2D eigenvalue weighted by molar-refractivity contribution is -0.136. The quantitative estimate of drug-likeness (QED) is 0.603. The van der Waals surface area contributed by atoms with E-state index in [1.165, 1.54) is 0 Å². The molecule has 0 aliphatic carbocycles. The molecule has 0 spiro atoms. The van der Waals surface area contributed by atoms with Crippen LogP contribution in [0.1, 0.15) is 25.2 Å².